The molecule has 0 heterocycles. The lowest BCUT2D eigenvalue weighted by molar-refractivity contribution is 0.393. The van der Waals surface area contributed by atoms with E-state index < -0.39 is 0 Å². The summed E-state index contributed by atoms with van der Waals surface area (Å²) < 4.78 is 0. The van der Waals surface area contributed by atoms with Crippen LogP contribution in [0.2, 0.25) is 0 Å². The summed E-state index contributed by atoms with van der Waals surface area (Å²) in [5, 5.41) is 6.79. The Labute approximate surface area is 112 Å². The van der Waals surface area contributed by atoms with E-state index in [0.717, 1.165) is 19.0 Å². The highest BCUT2D eigenvalue weighted by atomic mass is 15.0. The van der Waals surface area contributed by atoms with Crippen LogP contribution in [0.25, 0.3) is 0 Å². The van der Waals surface area contributed by atoms with E-state index in [-0.39, 0.29) is 5.54 Å². The topological polar surface area (TPSA) is 24.1 Å². The van der Waals surface area contributed by atoms with E-state index in [1.165, 1.54) is 17.5 Å². The predicted octanol–water partition coefficient (Wildman–Crippen LogP) is 2.97. The first-order valence-electron chi connectivity index (χ1n) is 6.90. The predicted molar refractivity (Wildman–Crippen MR) is 79.8 cm³/mol. The summed E-state index contributed by atoms with van der Waals surface area (Å²) in [4.78, 5) is 0. The Balaban J connectivity index is 2.40. The number of rotatable bonds is 7. The molecule has 2 heteroatoms. The van der Waals surface area contributed by atoms with Crippen LogP contribution in [-0.2, 0) is 13.0 Å². The average molecular weight is 248 g/mol. The van der Waals surface area contributed by atoms with Crippen LogP contribution < -0.4 is 10.6 Å². The van der Waals surface area contributed by atoms with Crippen molar-refractivity contribution in [2.24, 2.45) is 5.92 Å². The van der Waals surface area contributed by atoms with Gasteiger partial charge in [-0.25, -0.2) is 0 Å². The summed E-state index contributed by atoms with van der Waals surface area (Å²) in [6.07, 6.45) is 1.17. The smallest absolute Gasteiger partial charge is 0.0246 e. The van der Waals surface area contributed by atoms with E-state index in [9.17, 15) is 0 Å². The molecule has 1 rings (SSSR count). The van der Waals surface area contributed by atoms with E-state index in [4.69, 9.17) is 0 Å². The Hall–Kier alpha value is -0.860. The lowest BCUT2D eigenvalue weighted by atomic mass is 10.0. The number of likely N-dealkylation sites (N-methyl/N-ethyl adjacent to an activating group) is 1. The van der Waals surface area contributed by atoms with Gasteiger partial charge in [0.15, 0.2) is 0 Å². The minimum absolute atomic E-state index is 0.150. The van der Waals surface area contributed by atoms with Gasteiger partial charge in [-0.3, -0.25) is 0 Å². The molecule has 0 unspecified atom stereocenters. The molecule has 1 aromatic carbocycles. The molecule has 0 spiro atoms. The maximum Gasteiger partial charge on any atom is 0.0246 e. The summed E-state index contributed by atoms with van der Waals surface area (Å²) in [7, 11) is 2.00. The van der Waals surface area contributed by atoms with Crippen LogP contribution in [0.5, 0.6) is 0 Å². The fourth-order valence-corrected chi connectivity index (χ4v) is 1.87. The molecule has 102 valence electrons. The molecule has 0 aliphatic carbocycles. The quantitative estimate of drug-likeness (QED) is 0.775. The van der Waals surface area contributed by atoms with E-state index >= 15 is 0 Å². The first kappa shape index (κ1) is 15.2. The van der Waals surface area contributed by atoms with E-state index in [0.29, 0.717) is 0 Å². The minimum Gasteiger partial charge on any atom is -0.314 e. The third kappa shape index (κ3) is 5.65. The van der Waals surface area contributed by atoms with Crippen molar-refractivity contribution in [1.29, 1.82) is 0 Å². The fourth-order valence-electron chi connectivity index (χ4n) is 1.87. The van der Waals surface area contributed by atoms with Crippen molar-refractivity contribution < 1.29 is 0 Å². The Morgan fingerprint density at radius 3 is 2.11 bits per heavy atom. The molecule has 0 fully saturated rings. The zero-order valence-electron chi connectivity index (χ0n) is 12.5. The van der Waals surface area contributed by atoms with Crippen LogP contribution in [0.4, 0.5) is 0 Å². The lowest BCUT2D eigenvalue weighted by Gasteiger charge is -2.24. The standard InChI is InChI=1S/C16H28N2/c1-13(2)10-14-6-8-15(9-7-14)11-18-12-16(3,4)17-5/h6-9,13,17-18H,10-12H2,1-5H3. The molecule has 0 atom stereocenters. The second-order valence-electron chi connectivity index (χ2n) is 6.15. The van der Waals surface area contributed by atoms with Crippen LogP contribution in [0, 0.1) is 5.92 Å². The van der Waals surface area contributed by atoms with Crippen molar-refractivity contribution in [2.45, 2.75) is 46.2 Å². The van der Waals surface area contributed by atoms with Crippen LogP contribution in [0.3, 0.4) is 0 Å². The van der Waals surface area contributed by atoms with Crippen LogP contribution in [-0.4, -0.2) is 19.1 Å². The molecule has 0 amide bonds. The Morgan fingerprint density at radius 2 is 1.61 bits per heavy atom. The molecule has 0 bridgehead atoms. The van der Waals surface area contributed by atoms with E-state index in [2.05, 4.69) is 62.6 Å². The molecule has 1 aromatic rings. The third-order valence-corrected chi connectivity index (χ3v) is 3.24. The van der Waals surface area contributed by atoms with Crippen molar-refractivity contribution >= 4 is 0 Å². The zero-order chi connectivity index (χ0) is 13.6. The Morgan fingerprint density at radius 1 is 1.06 bits per heavy atom. The first-order valence-corrected chi connectivity index (χ1v) is 6.90. The highest BCUT2D eigenvalue weighted by Crippen LogP contribution is 2.10. The molecule has 0 saturated heterocycles. The lowest BCUT2D eigenvalue weighted by Crippen LogP contribution is -2.45. The normalized spacial score (nSPS) is 12.1. The summed E-state index contributed by atoms with van der Waals surface area (Å²) in [5.74, 6) is 0.727. The second-order valence-corrected chi connectivity index (χ2v) is 6.15. The van der Waals surface area contributed by atoms with E-state index in [1.54, 1.807) is 0 Å². The molecular formula is C16H28N2. The van der Waals surface area contributed by atoms with Gasteiger partial charge in [-0.05, 0) is 44.4 Å². The first-order chi connectivity index (χ1) is 8.43. The van der Waals surface area contributed by atoms with Crippen molar-refractivity contribution in [1.82, 2.24) is 10.6 Å². The van der Waals surface area contributed by atoms with Crippen LogP contribution >= 0.6 is 0 Å². The van der Waals surface area contributed by atoms with Crippen LogP contribution in [0.1, 0.15) is 38.8 Å². The van der Waals surface area contributed by atoms with Gasteiger partial charge in [0.1, 0.15) is 0 Å². The van der Waals surface area contributed by atoms with Gasteiger partial charge >= 0.3 is 0 Å². The SMILES string of the molecule is CNC(C)(C)CNCc1ccc(CC(C)C)cc1. The molecule has 0 aliphatic rings. The number of hydrogen-bond acceptors (Lipinski definition) is 2. The highest BCUT2D eigenvalue weighted by Gasteiger charge is 2.13. The zero-order valence-corrected chi connectivity index (χ0v) is 12.5. The van der Waals surface area contributed by atoms with Crippen LogP contribution in [0.15, 0.2) is 24.3 Å². The number of benzene rings is 1. The van der Waals surface area contributed by atoms with Gasteiger partial charge in [-0.2, -0.15) is 0 Å². The minimum atomic E-state index is 0.150. The molecule has 2 nitrogen and oxygen atoms in total. The molecule has 0 aromatic heterocycles. The van der Waals surface area contributed by atoms with Gasteiger partial charge in [-0.15, -0.1) is 0 Å². The maximum absolute atomic E-state index is 3.49. The average Bonchev–Trinajstić information content (AvgIpc) is 2.30. The third-order valence-electron chi connectivity index (χ3n) is 3.24. The molecule has 0 saturated carbocycles. The summed E-state index contributed by atoms with van der Waals surface area (Å²) in [5.41, 5.74) is 2.94. The summed E-state index contributed by atoms with van der Waals surface area (Å²) >= 11 is 0. The van der Waals surface area contributed by atoms with Crippen molar-refractivity contribution in [2.75, 3.05) is 13.6 Å². The number of nitrogens with one attached hydrogen (secondary N) is 2. The van der Waals surface area contributed by atoms with Gasteiger partial charge in [-0.1, -0.05) is 38.1 Å². The fraction of sp³-hybridized carbons (Fsp3) is 0.625. The molecule has 0 aliphatic heterocycles. The van der Waals surface area contributed by atoms with Gasteiger partial charge in [0.05, 0.1) is 0 Å². The van der Waals surface area contributed by atoms with Gasteiger partial charge in [0.25, 0.3) is 0 Å². The Kier molecular flexibility index (Phi) is 5.83. The van der Waals surface area contributed by atoms with Crippen molar-refractivity contribution in [3.8, 4) is 0 Å². The molecule has 0 radical (unpaired) electrons. The second kappa shape index (κ2) is 6.91. The summed E-state index contributed by atoms with van der Waals surface area (Å²) in [6, 6.07) is 8.97. The highest BCUT2D eigenvalue weighted by molar-refractivity contribution is 5.22. The maximum atomic E-state index is 3.49. The van der Waals surface area contributed by atoms with E-state index in [1.807, 2.05) is 7.05 Å². The Bertz CT molecular complexity index is 339. The van der Waals surface area contributed by atoms with Gasteiger partial charge in [0.2, 0.25) is 0 Å². The van der Waals surface area contributed by atoms with Gasteiger partial charge < -0.3 is 10.6 Å². The van der Waals surface area contributed by atoms with Crippen molar-refractivity contribution in [3.63, 3.8) is 0 Å². The molecule has 18 heavy (non-hydrogen) atoms. The monoisotopic (exact) mass is 248 g/mol. The van der Waals surface area contributed by atoms with Crippen molar-refractivity contribution in [3.05, 3.63) is 35.4 Å². The number of hydrogen-bond donors (Lipinski definition) is 2. The largest absolute Gasteiger partial charge is 0.314 e. The molecular weight excluding hydrogens is 220 g/mol. The van der Waals surface area contributed by atoms with Gasteiger partial charge in [0, 0.05) is 18.6 Å². The molecule has 2 N–H and O–H groups in total. The summed E-state index contributed by atoms with van der Waals surface area (Å²) in [6.45, 7) is 10.8.